The highest BCUT2D eigenvalue weighted by Crippen LogP contribution is 2.22. The van der Waals surface area contributed by atoms with E-state index in [-0.39, 0.29) is 22.8 Å². The molecular weight excluding hydrogens is 416 g/mol. The van der Waals surface area contributed by atoms with Crippen molar-refractivity contribution in [3.63, 3.8) is 0 Å². The van der Waals surface area contributed by atoms with Gasteiger partial charge >= 0.3 is 0 Å². The maximum atomic E-state index is 12.5. The van der Waals surface area contributed by atoms with Crippen molar-refractivity contribution in [1.29, 1.82) is 0 Å². The van der Waals surface area contributed by atoms with Crippen molar-refractivity contribution in [3.05, 3.63) is 64.6 Å². The molecule has 7 heteroatoms. The summed E-state index contributed by atoms with van der Waals surface area (Å²) in [5.41, 5.74) is 0.858. The second kappa shape index (κ2) is 8.33. The zero-order valence-electron chi connectivity index (χ0n) is 15.1. The minimum Gasteiger partial charge on any atom is -0.354 e. The van der Waals surface area contributed by atoms with E-state index in [4.69, 9.17) is 0 Å². The van der Waals surface area contributed by atoms with E-state index in [0.29, 0.717) is 6.54 Å². The molecule has 1 N–H and O–H groups in total. The fourth-order valence-electron chi connectivity index (χ4n) is 2.44. The molecule has 0 radical (unpaired) electrons. The summed E-state index contributed by atoms with van der Waals surface area (Å²) in [6.07, 6.45) is 0. The molecule has 0 aliphatic rings. The summed E-state index contributed by atoms with van der Waals surface area (Å²) in [4.78, 5) is 12.4. The third-order valence-electron chi connectivity index (χ3n) is 4.17. The standard InChI is InChI=1S/C19H23BrN2O3S/c1-19(2,15-7-5-4-6-8-15)14-21-18(23)13-22(3)26(24,25)17-11-9-16(20)10-12-17/h4-12H,13-14H2,1-3H3,(H,21,23). The first-order valence-electron chi connectivity index (χ1n) is 8.17. The maximum absolute atomic E-state index is 12.5. The lowest BCUT2D eigenvalue weighted by molar-refractivity contribution is -0.121. The Kier molecular flexibility index (Phi) is 6.60. The van der Waals surface area contributed by atoms with Gasteiger partial charge in [0.1, 0.15) is 0 Å². The van der Waals surface area contributed by atoms with E-state index in [9.17, 15) is 13.2 Å². The highest BCUT2D eigenvalue weighted by atomic mass is 79.9. The zero-order valence-corrected chi connectivity index (χ0v) is 17.5. The van der Waals surface area contributed by atoms with Gasteiger partial charge in [-0.05, 0) is 29.8 Å². The van der Waals surface area contributed by atoms with Crippen LogP contribution in [-0.4, -0.2) is 38.8 Å². The lowest BCUT2D eigenvalue weighted by atomic mass is 9.84. The largest absolute Gasteiger partial charge is 0.354 e. The van der Waals surface area contributed by atoms with E-state index in [2.05, 4.69) is 21.2 Å². The Bertz CT molecular complexity index is 850. The molecule has 0 bridgehead atoms. The van der Waals surface area contributed by atoms with Crippen LogP contribution < -0.4 is 5.32 Å². The molecule has 1 amide bonds. The molecule has 5 nitrogen and oxygen atoms in total. The summed E-state index contributed by atoms with van der Waals surface area (Å²) in [5.74, 6) is -0.336. The molecule has 2 aromatic carbocycles. The van der Waals surface area contributed by atoms with Gasteiger partial charge in [-0.3, -0.25) is 4.79 Å². The first-order chi connectivity index (χ1) is 12.1. The van der Waals surface area contributed by atoms with E-state index < -0.39 is 10.0 Å². The number of benzene rings is 2. The Morgan fingerprint density at radius 1 is 1.08 bits per heavy atom. The van der Waals surface area contributed by atoms with Crippen LogP contribution in [0, 0.1) is 0 Å². The van der Waals surface area contributed by atoms with Crippen LogP contribution in [-0.2, 0) is 20.2 Å². The van der Waals surface area contributed by atoms with Crippen molar-refractivity contribution in [2.24, 2.45) is 0 Å². The van der Waals surface area contributed by atoms with Gasteiger partial charge in [0.05, 0.1) is 11.4 Å². The topological polar surface area (TPSA) is 66.5 Å². The van der Waals surface area contributed by atoms with Crippen LogP contribution >= 0.6 is 15.9 Å². The Hall–Kier alpha value is -1.70. The number of halogens is 1. The van der Waals surface area contributed by atoms with Crippen molar-refractivity contribution in [1.82, 2.24) is 9.62 Å². The molecule has 0 heterocycles. The average Bonchev–Trinajstić information content (AvgIpc) is 2.61. The fourth-order valence-corrected chi connectivity index (χ4v) is 3.83. The number of hydrogen-bond acceptors (Lipinski definition) is 3. The number of nitrogens with zero attached hydrogens (tertiary/aromatic N) is 1. The predicted octanol–water partition coefficient (Wildman–Crippen LogP) is 3.16. The minimum absolute atomic E-state index is 0.153. The number of sulfonamides is 1. The lowest BCUT2D eigenvalue weighted by Crippen LogP contribution is -2.42. The quantitative estimate of drug-likeness (QED) is 0.721. The molecule has 0 saturated carbocycles. The number of hydrogen-bond donors (Lipinski definition) is 1. The molecule has 0 atom stereocenters. The zero-order chi connectivity index (χ0) is 19.4. The summed E-state index contributed by atoms with van der Waals surface area (Å²) in [6, 6.07) is 16.2. The van der Waals surface area contributed by atoms with Gasteiger partial charge in [-0.25, -0.2) is 8.42 Å². The van der Waals surface area contributed by atoms with Crippen LogP contribution in [0.5, 0.6) is 0 Å². The van der Waals surface area contributed by atoms with Gasteiger partial charge in [0.15, 0.2) is 0 Å². The highest BCUT2D eigenvalue weighted by molar-refractivity contribution is 9.10. The summed E-state index contributed by atoms with van der Waals surface area (Å²) >= 11 is 3.28. The van der Waals surface area contributed by atoms with Gasteiger partial charge < -0.3 is 5.32 Å². The average molecular weight is 439 g/mol. The van der Waals surface area contributed by atoms with Crippen molar-refractivity contribution in [2.75, 3.05) is 20.1 Å². The molecular formula is C19H23BrN2O3S. The third kappa shape index (κ3) is 5.16. The monoisotopic (exact) mass is 438 g/mol. The van der Waals surface area contributed by atoms with E-state index in [1.54, 1.807) is 12.1 Å². The summed E-state index contributed by atoms with van der Waals surface area (Å²) in [7, 11) is -2.30. The molecule has 0 fully saturated rings. The van der Waals surface area contributed by atoms with E-state index in [1.165, 1.54) is 19.2 Å². The molecule has 2 aromatic rings. The molecule has 26 heavy (non-hydrogen) atoms. The summed E-state index contributed by atoms with van der Waals surface area (Å²) in [6.45, 7) is 4.25. The highest BCUT2D eigenvalue weighted by Gasteiger charge is 2.25. The maximum Gasteiger partial charge on any atom is 0.243 e. The molecule has 0 spiro atoms. The predicted molar refractivity (Wildman–Crippen MR) is 106 cm³/mol. The van der Waals surface area contributed by atoms with Crippen LogP contribution in [0.15, 0.2) is 64.0 Å². The fraction of sp³-hybridized carbons (Fsp3) is 0.316. The van der Waals surface area contributed by atoms with Gasteiger partial charge in [-0.15, -0.1) is 0 Å². The van der Waals surface area contributed by atoms with E-state index in [0.717, 1.165) is 14.3 Å². The molecule has 0 aromatic heterocycles. The first-order valence-corrected chi connectivity index (χ1v) is 10.4. The smallest absolute Gasteiger partial charge is 0.243 e. The summed E-state index contributed by atoms with van der Waals surface area (Å²) < 4.78 is 26.9. The van der Waals surface area contributed by atoms with Crippen molar-refractivity contribution in [2.45, 2.75) is 24.2 Å². The Balaban J connectivity index is 1.97. The number of carbonyl (C=O) groups excluding carboxylic acids is 1. The van der Waals surface area contributed by atoms with Gasteiger partial charge in [-0.1, -0.05) is 60.1 Å². The van der Waals surface area contributed by atoms with Crippen molar-refractivity contribution in [3.8, 4) is 0 Å². The third-order valence-corrected chi connectivity index (χ3v) is 6.52. The lowest BCUT2D eigenvalue weighted by Gasteiger charge is -2.26. The van der Waals surface area contributed by atoms with Crippen LogP contribution in [0.2, 0.25) is 0 Å². The minimum atomic E-state index is -3.71. The normalized spacial score (nSPS) is 12.2. The molecule has 0 aliphatic heterocycles. The van der Waals surface area contributed by atoms with Gasteiger partial charge in [0, 0.05) is 23.5 Å². The van der Waals surface area contributed by atoms with Crippen LogP contribution in [0.3, 0.4) is 0 Å². The summed E-state index contributed by atoms with van der Waals surface area (Å²) in [5, 5.41) is 2.83. The van der Waals surface area contributed by atoms with Gasteiger partial charge in [0.2, 0.25) is 15.9 Å². The van der Waals surface area contributed by atoms with E-state index in [1.807, 2.05) is 44.2 Å². The van der Waals surface area contributed by atoms with E-state index >= 15 is 0 Å². The SMILES string of the molecule is CN(CC(=O)NCC(C)(C)c1ccccc1)S(=O)(=O)c1ccc(Br)cc1. The molecule has 140 valence electrons. The van der Waals surface area contributed by atoms with Crippen molar-refractivity contribution < 1.29 is 13.2 Å². The Labute approximate surface area is 163 Å². The Morgan fingerprint density at radius 2 is 1.65 bits per heavy atom. The first kappa shape index (κ1) is 20.6. The van der Waals surface area contributed by atoms with Crippen LogP contribution in [0.25, 0.3) is 0 Å². The Morgan fingerprint density at radius 3 is 2.23 bits per heavy atom. The number of rotatable bonds is 7. The molecule has 0 unspecified atom stereocenters. The number of carbonyl (C=O) groups is 1. The number of likely N-dealkylation sites (N-methyl/N-ethyl adjacent to an activating group) is 1. The van der Waals surface area contributed by atoms with Crippen molar-refractivity contribution >= 4 is 31.9 Å². The second-order valence-corrected chi connectivity index (χ2v) is 9.70. The number of nitrogens with one attached hydrogen (secondary N) is 1. The van der Waals surface area contributed by atoms with Crippen LogP contribution in [0.4, 0.5) is 0 Å². The molecule has 2 rings (SSSR count). The number of amides is 1. The van der Waals surface area contributed by atoms with Gasteiger partial charge in [-0.2, -0.15) is 4.31 Å². The van der Waals surface area contributed by atoms with Crippen LogP contribution in [0.1, 0.15) is 19.4 Å². The molecule has 0 saturated heterocycles. The second-order valence-electron chi connectivity index (χ2n) is 6.74. The van der Waals surface area contributed by atoms with Gasteiger partial charge in [0.25, 0.3) is 0 Å². The molecule has 0 aliphatic carbocycles.